The summed E-state index contributed by atoms with van der Waals surface area (Å²) in [6.07, 6.45) is 1.28. The highest BCUT2D eigenvalue weighted by Crippen LogP contribution is 2.23. The summed E-state index contributed by atoms with van der Waals surface area (Å²) in [5, 5.41) is 13.2. The highest BCUT2D eigenvalue weighted by atomic mass is 32.1. The van der Waals surface area contributed by atoms with Gasteiger partial charge in [-0.15, -0.1) is 11.3 Å². The average molecular weight is 334 g/mol. The predicted octanol–water partition coefficient (Wildman–Crippen LogP) is 2.26. The Kier molecular flexibility index (Phi) is 5.61. The van der Waals surface area contributed by atoms with Crippen LogP contribution in [-0.4, -0.2) is 53.9 Å². The zero-order chi connectivity index (χ0) is 16.1. The number of benzene rings is 1. The number of aryl methyl sites for hydroxylation is 1. The van der Waals surface area contributed by atoms with E-state index in [-0.39, 0.29) is 6.10 Å². The SMILES string of the molecule is Cc1cccc(OC[C@H](O)CN2CCO[C@H](c3nccs3)C2)c1. The lowest BCUT2D eigenvalue weighted by Crippen LogP contribution is -2.43. The first-order valence-electron chi connectivity index (χ1n) is 7.81. The van der Waals surface area contributed by atoms with Crippen molar-refractivity contribution in [3.8, 4) is 5.75 Å². The average Bonchev–Trinajstić information content (AvgIpc) is 3.08. The number of aromatic nitrogens is 1. The molecule has 124 valence electrons. The van der Waals surface area contributed by atoms with Gasteiger partial charge in [-0.2, -0.15) is 0 Å². The van der Waals surface area contributed by atoms with Crippen LogP contribution in [0.5, 0.6) is 5.75 Å². The Morgan fingerprint density at radius 3 is 3.22 bits per heavy atom. The van der Waals surface area contributed by atoms with Gasteiger partial charge in [-0.05, 0) is 24.6 Å². The molecule has 0 bridgehead atoms. The molecular weight excluding hydrogens is 312 g/mol. The fraction of sp³-hybridized carbons (Fsp3) is 0.471. The molecule has 0 unspecified atom stereocenters. The van der Waals surface area contributed by atoms with E-state index < -0.39 is 6.10 Å². The molecule has 5 nitrogen and oxygen atoms in total. The molecule has 2 atom stereocenters. The van der Waals surface area contributed by atoms with Crippen LogP contribution in [0.15, 0.2) is 35.8 Å². The molecule has 0 aliphatic carbocycles. The zero-order valence-electron chi connectivity index (χ0n) is 13.2. The Balaban J connectivity index is 1.46. The van der Waals surface area contributed by atoms with Gasteiger partial charge < -0.3 is 14.6 Å². The van der Waals surface area contributed by atoms with E-state index in [2.05, 4.69) is 9.88 Å². The Morgan fingerprint density at radius 1 is 1.52 bits per heavy atom. The lowest BCUT2D eigenvalue weighted by atomic mass is 10.2. The fourth-order valence-corrected chi connectivity index (χ4v) is 3.34. The Bertz CT molecular complexity index is 606. The van der Waals surface area contributed by atoms with E-state index in [0.717, 1.165) is 29.4 Å². The van der Waals surface area contributed by atoms with E-state index in [4.69, 9.17) is 9.47 Å². The maximum atomic E-state index is 10.2. The van der Waals surface area contributed by atoms with Crippen LogP contribution in [0.3, 0.4) is 0 Å². The summed E-state index contributed by atoms with van der Waals surface area (Å²) < 4.78 is 11.4. The number of β-amino-alcohol motifs (C(OH)–C–C–N with tert-alkyl or cyclic N) is 1. The lowest BCUT2D eigenvalue weighted by Gasteiger charge is -2.33. The van der Waals surface area contributed by atoms with Crippen molar-refractivity contribution in [2.24, 2.45) is 0 Å². The van der Waals surface area contributed by atoms with Crippen molar-refractivity contribution in [3.63, 3.8) is 0 Å². The summed E-state index contributed by atoms with van der Waals surface area (Å²) in [5.74, 6) is 0.798. The number of rotatable bonds is 6. The molecule has 0 radical (unpaired) electrons. The summed E-state index contributed by atoms with van der Waals surface area (Å²) in [6, 6.07) is 7.86. The van der Waals surface area contributed by atoms with Gasteiger partial charge in [0.15, 0.2) is 0 Å². The molecule has 3 rings (SSSR count). The van der Waals surface area contributed by atoms with Gasteiger partial charge in [0, 0.05) is 31.2 Å². The molecule has 1 aliphatic heterocycles. The summed E-state index contributed by atoms with van der Waals surface area (Å²) in [6.45, 7) is 5.14. The normalized spacial score (nSPS) is 20.3. The van der Waals surface area contributed by atoms with E-state index in [1.54, 1.807) is 17.5 Å². The molecule has 0 saturated carbocycles. The van der Waals surface area contributed by atoms with E-state index in [0.29, 0.717) is 19.8 Å². The maximum absolute atomic E-state index is 10.2. The van der Waals surface area contributed by atoms with Crippen LogP contribution >= 0.6 is 11.3 Å². The fourth-order valence-electron chi connectivity index (χ4n) is 2.66. The molecule has 1 N–H and O–H groups in total. The van der Waals surface area contributed by atoms with Gasteiger partial charge in [0.25, 0.3) is 0 Å². The Morgan fingerprint density at radius 2 is 2.43 bits per heavy atom. The molecular formula is C17H22N2O3S. The largest absolute Gasteiger partial charge is 0.491 e. The number of hydrogen-bond donors (Lipinski definition) is 1. The number of hydrogen-bond acceptors (Lipinski definition) is 6. The van der Waals surface area contributed by atoms with Crippen LogP contribution in [0.2, 0.25) is 0 Å². The number of aliphatic hydroxyl groups excluding tert-OH is 1. The molecule has 1 aromatic carbocycles. The van der Waals surface area contributed by atoms with Crippen molar-refractivity contribution < 1.29 is 14.6 Å². The van der Waals surface area contributed by atoms with Gasteiger partial charge in [-0.25, -0.2) is 4.98 Å². The summed E-state index contributed by atoms with van der Waals surface area (Å²) in [7, 11) is 0. The van der Waals surface area contributed by atoms with Gasteiger partial charge in [0.1, 0.15) is 29.6 Å². The Hall–Kier alpha value is -1.47. The Labute approximate surface area is 140 Å². The molecule has 1 aromatic heterocycles. The van der Waals surface area contributed by atoms with Crippen LogP contribution in [0.25, 0.3) is 0 Å². The van der Waals surface area contributed by atoms with Gasteiger partial charge in [0.05, 0.1) is 6.61 Å². The van der Waals surface area contributed by atoms with Gasteiger partial charge in [0.2, 0.25) is 0 Å². The van der Waals surface area contributed by atoms with Crippen LogP contribution in [0, 0.1) is 6.92 Å². The molecule has 6 heteroatoms. The molecule has 1 fully saturated rings. The smallest absolute Gasteiger partial charge is 0.123 e. The first-order valence-corrected chi connectivity index (χ1v) is 8.69. The minimum atomic E-state index is -0.523. The van der Waals surface area contributed by atoms with E-state index in [9.17, 15) is 5.11 Å². The third-order valence-electron chi connectivity index (χ3n) is 3.78. The number of thiazole rings is 1. The predicted molar refractivity (Wildman–Crippen MR) is 89.9 cm³/mol. The molecule has 1 saturated heterocycles. The highest BCUT2D eigenvalue weighted by Gasteiger charge is 2.25. The maximum Gasteiger partial charge on any atom is 0.123 e. The van der Waals surface area contributed by atoms with Crippen molar-refractivity contribution in [2.45, 2.75) is 19.1 Å². The second kappa shape index (κ2) is 7.88. The number of morpholine rings is 1. The van der Waals surface area contributed by atoms with Crippen molar-refractivity contribution in [2.75, 3.05) is 32.8 Å². The zero-order valence-corrected chi connectivity index (χ0v) is 14.0. The van der Waals surface area contributed by atoms with Crippen molar-refractivity contribution in [3.05, 3.63) is 46.4 Å². The van der Waals surface area contributed by atoms with E-state index in [1.807, 2.05) is 36.6 Å². The second-order valence-corrected chi connectivity index (χ2v) is 6.70. The van der Waals surface area contributed by atoms with Gasteiger partial charge in [-0.1, -0.05) is 12.1 Å². The standard InChI is InChI=1S/C17H22N2O3S/c1-13-3-2-4-15(9-13)22-12-14(20)10-19-6-7-21-16(11-19)17-18-5-8-23-17/h2-5,8-9,14,16,20H,6-7,10-12H2,1H3/t14-,16+/m1/s1. The van der Waals surface area contributed by atoms with Crippen LogP contribution in [0.1, 0.15) is 16.7 Å². The third-order valence-corrected chi connectivity index (χ3v) is 4.65. The van der Waals surface area contributed by atoms with Gasteiger partial charge in [-0.3, -0.25) is 4.90 Å². The second-order valence-electron chi connectivity index (χ2n) is 5.77. The molecule has 0 amide bonds. The van der Waals surface area contributed by atoms with Gasteiger partial charge >= 0.3 is 0 Å². The summed E-state index contributed by atoms with van der Waals surface area (Å²) in [5.41, 5.74) is 1.15. The lowest BCUT2D eigenvalue weighted by molar-refractivity contribution is -0.0460. The molecule has 0 spiro atoms. The quantitative estimate of drug-likeness (QED) is 0.878. The van der Waals surface area contributed by atoms with Crippen LogP contribution in [0.4, 0.5) is 0 Å². The van der Waals surface area contributed by atoms with Crippen molar-refractivity contribution >= 4 is 11.3 Å². The summed E-state index contributed by atoms with van der Waals surface area (Å²) >= 11 is 1.61. The van der Waals surface area contributed by atoms with Crippen LogP contribution < -0.4 is 4.74 Å². The molecule has 1 aliphatic rings. The first-order chi connectivity index (χ1) is 11.2. The number of ether oxygens (including phenoxy) is 2. The molecule has 23 heavy (non-hydrogen) atoms. The topological polar surface area (TPSA) is 54.8 Å². The third kappa shape index (κ3) is 4.75. The van der Waals surface area contributed by atoms with E-state index in [1.165, 1.54) is 0 Å². The minimum Gasteiger partial charge on any atom is -0.491 e. The van der Waals surface area contributed by atoms with Crippen LogP contribution in [-0.2, 0) is 4.74 Å². The van der Waals surface area contributed by atoms with E-state index >= 15 is 0 Å². The first kappa shape index (κ1) is 16.4. The summed E-state index contributed by atoms with van der Waals surface area (Å²) in [4.78, 5) is 6.53. The highest BCUT2D eigenvalue weighted by molar-refractivity contribution is 7.09. The molecule has 2 aromatic rings. The minimum absolute atomic E-state index is 0.00800. The van der Waals surface area contributed by atoms with Crippen molar-refractivity contribution in [1.29, 1.82) is 0 Å². The molecule has 2 heterocycles. The monoisotopic (exact) mass is 334 g/mol. The number of nitrogens with zero attached hydrogens (tertiary/aromatic N) is 2. The van der Waals surface area contributed by atoms with Crippen molar-refractivity contribution in [1.82, 2.24) is 9.88 Å². The number of aliphatic hydroxyl groups is 1.